The lowest BCUT2D eigenvalue weighted by molar-refractivity contribution is 0.0392. The minimum absolute atomic E-state index is 0.0543. The number of nitrogens with one attached hydrogen (secondary N) is 1. The van der Waals surface area contributed by atoms with Crippen LogP contribution >= 0.6 is 11.3 Å². The number of rotatable bonds is 8. The van der Waals surface area contributed by atoms with Gasteiger partial charge in [-0.05, 0) is 43.7 Å². The molecule has 0 unspecified atom stereocenters. The Balaban J connectivity index is 2.33. The van der Waals surface area contributed by atoms with Crippen LogP contribution in [0.5, 0.6) is 0 Å². The fourth-order valence-electron chi connectivity index (χ4n) is 2.31. The molecular weight excluding hydrogens is 389 g/mol. The molecule has 1 aromatic heterocycles. The molecule has 2 aromatic rings. The van der Waals surface area contributed by atoms with Gasteiger partial charge in [0.1, 0.15) is 22.3 Å². The van der Waals surface area contributed by atoms with Crippen molar-refractivity contribution in [1.82, 2.24) is 0 Å². The Labute approximate surface area is 165 Å². The van der Waals surface area contributed by atoms with Crippen LogP contribution in [0.15, 0.2) is 24.3 Å². The van der Waals surface area contributed by atoms with E-state index in [9.17, 15) is 18.8 Å². The zero-order valence-corrected chi connectivity index (χ0v) is 16.5. The molecule has 1 N–H and O–H groups in total. The van der Waals surface area contributed by atoms with Gasteiger partial charge in [-0.25, -0.2) is 14.0 Å². The summed E-state index contributed by atoms with van der Waals surface area (Å²) in [5, 5.41) is 2.75. The minimum atomic E-state index is -0.665. The zero-order chi connectivity index (χ0) is 20.7. The van der Waals surface area contributed by atoms with Gasteiger partial charge in [-0.2, -0.15) is 0 Å². The molecule has 1 aromatic carbocycles. The van der Waals surface area contributed by atoms with Crippen molar-refractivity contribution in [3.8, 4) is 0 Å². The van der Waals surface area contributed by atoms with Crippen molar-refractivity contribution < 1.29 is 33.0 Å². The number of benzene rings is 1. The summed E-state index contributed by atoms with van der Waals surface area (Å²) < 4.78 is 28.0. The molecule has 0 bridgehead atoms. The number of carbonyl (C=O) groups is 3. The summed E-state index contributed by atoms with van der Waals surface area (Å²) in [5.74, 6) is -2.32. The van der Waals surface area contributed by atoms with Crippen LogP contribution in [0.3, 0.4) is 0 Å². The summed E-state index contributed by atoms with van der Waals surface area (Å²) >= 11 is 0.910. The maximum atomic E-state index is 13.1. The molecule has 0 saturated heterocycles. The number of amides is 1. The standard InChI is InChI=1S/C19H20FNO6S/c1-4-26-18(23)14-11(2)15(19(24)27-10-9-25-3)28-17(14)21-16(22)12-5-7-13(20)8-6-12/h5-8H,4,9-10H2,1-3H3,(H,21,22). The Morgan fingerprint density at radius 1 is 1.07 bits per heavy atom. The molecule has 7 nitrogen and oxygen atoms in total. The van der Waals surface area contributed by atoms with Gasteiger partial charge in [0, 0.05) is 12.7 Å². The van der Waals surface area contributed by atoms with Gasteiger partial charge in [0.05, 0.1) is 18.8 Å². The molecule has 0 spiro atoms. The molecule has 0 radical (unpaired) electrons. The topological polar surface area (TPSA) is 90.9 Å². The second-order valence-corrected chi connectivity index (χ2v) is 6.59. The van der Waals surface area contributed by atoms with E-state index in [4.69, 9.17) is 14.2 Å². The average Bonchev–Trinajstić information content (AvgIpc) is 2.98. The van der Waals surface area contributed by atoms with Crippen LogP contribution in [-0.4, -0.2) is 44.8 Å². The number of anilines is 1. The number of hydrogen-bond donors (Lipinski definition) is 1. The Morgan fingerprint density at radius 2 is 1.75 bits per heavy atom. The van der Waals surface area contributed by atoms with Crippen LogP contribution in [0.4, 0.5) is 9.39 Å². The van der Waals surface area contributed by atoms with Crippen LogP contribution in [0.1, 0.15) is 42.9 Å². The van der Waals surface area contributed by atoms with Gasteiger partial charge in [-0.15, -0.1) is 11.3 Å². The molecule has 9 heteroatoms. The SMILES string of the molecule is CCOC(=O)c1c(NC(=O)c2ccc(F)cc2)sc(C(=O)OCCOC)c1C. The Kier molecular flexibility index (Phi) is 7.65. The number of hydrogen-bond acceptors (Lipinski definition) is 7. The molecule has 0 aliphatic carbocycles. The third-order valence-electron chi connectivity index (χ3n) is 3.67. The van der Waals surface area contributed by atoms with Crippen LogP contribution in [0, 0.1) is 12.7 Å². The molecular formula is C19H20FNO6S. The van der Waals surface area contributed by atoms with Crippen molar-refractivity contribution in [2.24, 2.45) is 0 Å². The zero-order valence-electron chi connectivity index (χ0n) is 15.7. The fraction of sp³-hybridized carbons (Fsp3) is 0.316. The average molecular weight is 409 g/mol. The lowest BCUT2D eigenvalue weighted by atomic mass is 10.1. The summed E-state index contributed by atoms with van der Waals surface area (Å²) in [6.45, 7) is 3.64. The highest BCUT2D eigenvalue weighted by Gasteiger charge is 2.27. The van der Waals surface area contributed by atoms with Gasteiger partial charge in [0.2, 0.25) is 0 Å². The first kappa shape index (κ1) is 21.5. The third-order valence-corrected chi connectivity index (χ3v) is 4.85. The molecule has 1 amide bonds. The van der Waals surface area contributed by atoms with E-state index in [2.05, 4.69) is 5.32 Å². The van der Waals surface area contributed by atoms with Crippen LogP contribution < -0.4 is 5.32 Å². The van der Waals surface area contributed by atoms with E-state index in [0.29, 0.717) is 5.56 Å². The monoisotopic (exact) mass is 409 g/mol. The molecule has 0 aliphatic rings. The van der Waals surface area contributed by atoms with Crippen molar-refractivity contribution in [2.75, 3.05) is 32.2 Å². The number of halogens is 1. The van der Waals surface area contributed by atoms with Crippen LogP contribution in [0.2, 0.25) is 0 Å². The first-order valence-electron chi connectivity index (χ1n) is 8.42. The second-order valence-electron chi connectivity index (χ2n) is 5.57. The second kappa shape index (κ2) is 9.95. The van der Waals surface area contributed by atoms with Gasteiger partial charge in [-0.3, -0.25) is 4.79 Å². The summed E-state index contributed by atoms with van der Waals surface area (Å²) in [6.07, 6.45) is 0. The summed E-state index contributed by atoms with van der Waals surface area (Å²) in [5.41, 5.74) is 0.632. The smallest absolute Gasteiger partial charge is 0.348 e. The number of methoxy groups -OCH3 is 1. The van der Waals surface area contributed by atoms with Crippen molar-refractivity contribution in [3.05, 3.63) is 51.7 Å². The number of thiophene rings is 1. The predicted octanol–water partition coefficient (Wildman–Crippen LogP) is 3.43. The number of carbonyl (C=O) groups excluding carboxylic acids is 3. The molecule has 0 saturated carbocycles. The van der Waals surface area contributed by atoms with Gasteiger partial charge in [0.15, 0.2) is 0 Å². The number of ether oxygens (including phenoxy) is 3. The van der Waals surface area contributed by atoms with Crippen LogP contribution in [0.25, 0.3) is 0 Å². The van der Waals surface area contributed by atoms with E-state index >= 15 is 0 Å². The van der Waals surface area contributed by atoms with E-state index in [1.54, 1.807) is 13.8 Å². The highest BCUT2D eigenvalue weighted by molar-refractivity contribution is 7.18. The fourth-order valence-corrected chi connectivity index (χ4v) is 3.39. The van der Waals surface area contributed by atoms with E-state index < -0.39 is 23.7 Å². The molecule has 2 rings (SSSR count). The molecule has 0 atom stereocenters. The van der Waals surface area contributed by atoms with Gasteiger partial charge < -0.3 is 19.5 Å². The Bertz CT molecular complexity index is 862. The highest BCUT2D eigenvalue weighted by atomic mass is 32.1. The summed E-state index contributed by atoms with van der Waals surface area (Å²) in [4.78, 5) is 37.3. The van der Waals surface area contributed by atoms with E-state index in [0.717, 1.165) is 23.5 Å². The number of esters is 2. The molecule has 28 heavy (non-hydrogen) atoms. The van der Waals surface area contributed by atoms with Crippen molar-refractivity contribution in [2.45, 2.75) is 13.8 Å². The minimum Gasteiger partial charge on any atom is -0.462 e. The van der Waals surface area contributed by atoms with Crippen LogP contribution in [-0.2, 0) is 14.2 Å². The molecule has 0 fully saturated rings. The molecule has 150 valence electrons. The van der Waals surface area contributed by atoms with Crippen molar-refractivity contribution in [3.63, 3.8) is 0 Å². The Morgan fingerprint density at radius 3 is 2.36 bits per heavy atom. The quantitative estimate of drug-likeness (QED) is 0.531. The summed E-state index contributed by atoms with van der Waals surface area (Å²) in [6, 6.07) is 4.93. The maximum Gasteiger partial charge on any atom is 0.348 e. The van der Waals surface area contributed by atoms with E-state index in [1.165, 1.54) is 19.2 Å². The molecule has 0 aliphatic heterocycles. The lowest BCUT2D eigenvalue weighted by Crippen LogP contribution is -2.15. The maximum absolute atomic E-state index is 13.1. The first-order chi connectivity index (χ1) is 13.4. The summed E-state index contributed by atoms with van der Waals surface area (Å²) in [7, 11) is 1.48. The predicted molar refractivity (Wildman–Crippen MR) is 102 cm³/mol. The van der Waals surface area contributed by atoms with Gasteiger partial charge in [-0.1, -0.05) is 0 Å². The van der Waals surface area contributed by atoms with Gasteiger partial charge in [0.25, 0.3) is 5.91 Å². The van der Waals surface area contributed by atoms with Crippen molar-refractivity contribution >= 4 is 34.2 Å². The van der Waals surface area contributed by atoms with E-state index in [-0.39, 0.29) is 40.8 Å². The van der Waals surface area contributed by atoms with Crippen molar-refractivity contribution in [1.29, 1.82) is 0 Å². The first-order valence-corrected chi connectivity index (χ1v) is 9.24. The molecule has 1 heterocycles. The van der Waals surface area contributed by atoms with Gasteiger partial charge >= 0.3 is 11.9 Å². The lowest BCUT2D eigenvalue weighted by Gasteiger charge is -2.07. The third kappa shape index (κ3) is 5.14. The van der Waals surface area contributed by atoms with E-state index in [1.807, 2.05) is 0 Å². The highest BCUT2D eigenvalue weighted by Crippen LogP contribution is 2.34. The normalized spacial score (nSPS) is 10.4. The largest absolute Gasteiger partial charge is 0.462 e. The Hall–Kier alpha value is -2.78.